The molecular formula is C15H24N4O2. The minimum atomic E-state index is -0.180. The summed E-state index contributed by atoms with van der Waals surface area (Å²) in [6, 6.07) is 0.0541. The van der Waals surface area contributed by atoms with Gasteiger partial charge in [0, 0.05) is 37.9 Å². The Morgan fingerprint density at radius 3 is 2.67 bits per heavy atom. The summed E-state index contributed by atoms with van der Waals surface area (Å²) in [5.74, 6) is -0.210. The first kappa shape index (κ1) is 17.1. The van der Waals surface area contributed by atoms with Crippen molar-refractivity contribution in [3.63, 3.8) is 0 Å². The highest BCUT2D eigenvalue weighted by atomic mass is 16.2. The first-order valence-corrected chi connectivity index (χ1v) is 7.43. The fourth-order valence-corrected chi connectivity index (χ4v) is 1.87. The van der Waals surface area contributed by atoms with Crippen LogP contribution in [0.2, 0.25) is 0 Å². The first-order chi connectivity index (χ1) is 10.1. The highest BCUT2D eigenvalue weighted by Crippen LogP contribution is 2.09. The van der Waals surface area contributed by atoms with Crippen molar-refractivity contribution in [2.45, 2.75) is 46.1 Å². The number of carbonyl (C=O) groups is 2. The van der Waals surface area contributed by atoms with Gasteiger partial charge in [-0.2, -0.15) is 0 Å². The molecule has 0 saturated heterocycles. The monoisotopic (exact) mass is 292 g/mol. The van der Waals surface area contributed by atoms with Crippen LogP contribution in [0.4, 0.5) is 0 Å². The van der Waals surface area contributed by atoms with Crippen molar-refractivity contribution in [3.05, 3.63) is 24.3 Å². The van der Waals surface area contributed by atoms with E-state index in [2.05, 4.69) is 15.3 Å². The summed E-state index contributed by atoms with van der Waals surface area (Å²) in [4.78, 5) is 33.8. The van der Waals surface area contributed by atoms with Crippen LogP contribution in [0.1, 0.15) is 50.5 Å². The number of nitrogens with one attached hydrogen (secondary N) is 1. The molecule has 2 amide bonds. The third kappa shape index (κ3) is 5.49. The van der Waals surface area contributed by atoms with E-state index < -0.39 is 0 Å². The van der Waals surface area contributed by atoms with Crippen molar-refractivity contribution < 1.29 is 9.59 Å². The molecule has 0 aromatic carbocycles. The maximum absolute atomic E-state index is 12.5. The standard InChI is InChI=1S/C15H24N4O2/c1-4-7-18-14(20)6-10-19(12(3)5-2)15(21)13-11-16-8-9-17-13/h8-9,11-12H,4-7,10H2,1-3H3,(H,18,20). The van der Waals surface area contributed by atoms with Crippen molar-refractivity contribution in [3.8, 4) is 0 Å². The third-order valence-corrected chi connectivity index (χ3v) is 3.32. The summed E-state index contributed by atoms with van der Waals surface area (Å²) in [6.45, 7) is 7.04. The molecule has 0 fully saturated rings. The van der Waals surface area contributed by atoms with E-state index in [1.165, 1.54) is 18.6 Å². The van der Waals surface area contributed by atoms with Gasteiger partial charge < -0.3 is 10.2 Å². The highest BCUT2D eigenvalue weighted by Gasteiger charge is 2.22. The predicted octanol–water partition coefficient (Wildman–Crippen LogP) is 1.63. The van der Waals surface area contributed by atoms with Crippen molar-refractivity contribution >= 4 is 11.8 Å². The Hall–Kier alpha value is -1.98. The second-order valence-corrected chi connectivity index (χ2v) is 4.95. The lowest BCUT2D eigenvalue weighted by Crippen LogP contribution is -2.41. The minimum Gasteiger partial charge on any atom is -0.356 e. The van der Waals surface area contributed by atoms with Gasteiger partial charge in [0.2, 0.25) is 5.91 Å². The fraction of sp³-hybridized carbons (Fsp3) is 0.600. The molecule has 1 atom stereocenters. The Bertz CT molecular complexity index is 450. The average molecular weight is 292 g/mol. The van der Waals surface area contributed by atoms with Gasteiger partial charge in [-0.3, -0.25) is 14.6 Å². The smallest absolute Gasteiger partial charge is 0.274 e. The van der Waals surface area contributed by atoms with Crippen LogP contribution in [0.5, 0.6) is 0 Å². The van der Waals surface area contributed by atoms with E-state index in [1.54, 1.807) is 4.90 Å². The molecule has 0 radical (unpaired) electrons. The van der Waals surface area contributed by atoms with Crippen LogP contribution in [0.3, 0.4) is 0 Å². The largest absolute Gasteiger partial charge is 0.356 e. The summed E-state index contributed by atoms with van der Waals surface area (Å²) in [6.07, 6.45) is 6.51. The molecule has 21 heavy (non-hydrogen) atoms. The Balaban J connectivity index is 2.68. The van der Waals surface area contributed by atoms with Gasteiger partial charge >= 0.3 is 0 Å². The second kappa shape index (κ2) is 9.05. The lowest BCUT2D eigenvalue weighted by atomic mass is 10.2. The summed E-state index contributed by atoms with van der Waals surface area (Å²) < 4.78 is 0. The van der Waals surface area contributed by atoms with E-state index in [4.69, 9.17) is 0 Å². The molecule has 0 saturated carbocycles. The van der Waals surface area contributed by atoms with E-state index >= 15 is 0 Å². The number of hydrogen-bond acceptors (Lipinski definition) is 4. The van der Waals surface area contributed by atoms with E-state index in [1.807, 2.05) is 20.8 Å². The topological polar surface area (TPSA) is 75.2 Å². The van der Waals surface area contributed by atoms with E-state index in [0.29, 0.717) is 25.2 Å². The third-order valence-electron chi connectivity index (χ3n) is 3.32. The molecule has 0 aliphatic heterocycles. The van der Waals surface area contributed by atoms with Gasteiger partial charge in [-0.15, -0.1) is 0 Å². The first-order valence-electron chi connectivity index (χ1n) is 7.43. The number of aromatic nitrogens is 2. The lowest BCUT2D eigenvalue weighted by Gasteiger charge is -2.28. The Kier molecular flexibility index (Phi) is 7.36. The van der Waals surface area contributed by atoms with Crippen molar-refractivity contribution in [1.29, 1.82) is 0 Å². The molecule has 1 heterocycles. The van der Waals surface area contributed by atoms with Gasteiger partial charge in [0.05, 0.1) is 6.20 Å². The van der Waals surface area contributed by atoms with Crippen molar-refractivity contribution in [2.75, 3.05) is 13.1 Å². The molecule has 0 spiro atoms. The second-order valence-electron chi connectivity index (χ2n) is 4.95. The average Bonchev–Trinajstić information content (AvgIpc) is 2.53. The van der Waals surface area contributed by atoms with E-state index in [-0.39, 0.29) is 17.9 Å². The molecular weight excluding hydrogens is 268 g/mol. The zero-order chi connectivity index (χ0) is 15.7. The van der Waals surface area contributed by atoms with E-state index in [9.17, 15) is 9.59 Å². The van der Waals surface area contributed by atoms with E-state index in [0.717, 1.165) is 12.8 Å². The van der Waals surface area contributed by atoms with Crippen LogP contribution in [-0.4, -0.2) is 45.8 Å². The minimum absolute atomic E-state index is 0.0305. The molecule has 116 valence electrons. The lowest BCUT2D eigenvalue weighted by molar-refractivity contribution is -0.121. The molecule has 1 aromatic heterocycles. The molecule has 1 unspecified atom stereocenters. The molecule has 6 heteroatoms. The van der Waals surface area contributed by atoms with Gasteiger partial charge in [0.15, 0.2) is 0 Å². The summed E-state index contributed by atoms with van der Waals surface area (Å²) in [5, 5.41) is 2.82. The number of nitrogens with zero attached hydrogens (tertiary/aromatic N) is 3. The number of rotatable bonds is 8. The summed E-state index contributed by atoms with van der Waals surface area (Å²) in [7, 11) is 0. The number of amides is 2. The SMILES string of the molecule is CCCNC(=O)CCN(C(=O)c1cnccn1)C(C)CC. The fourth-order valence-electron chi connectivity index (χ4n) is 1.87. The van der Waals surface area contributed by atoms with Crippen LogP contribution >= 0.6 is 0 Å². The van der Waals surface area contributed by atoms with Crippen LogP contribution in [-0.2, 0) is 4.79 Å². The molecule has 6 nitrogen and oxygen atoms in total. The quantitative estimate of drug-likeness (QED) is 0.790. The van der Waals surface area contributed by atoms with Gasteiger partial charge in [0.25, 0.3) is 5.91 Å². The van der Waals surface area contributed by atoms with Crippen LogP contribution in [0, 0.1) is 0 Å². The summed E-state index contributed by atoms with van der Waals surface area (Å²) >= 11 is 0. The van der Waals surface area contributed by atoms with Crippen LogP contribution < -0.4 is 5.32 Å². The summed E-state index contributed by atoms with van der Waals surface area (Å²) in [5.41, 5.74) is 0.312. The predicted molar refractivity (Wildman–Crippen MR) is 80.7 cm³/mol. The zero-order valence-corrected chi connectivity index (χ0v) is 13.0. The maximum Gasteiger partial charge on any atom is 0.274 e. The number of carbonyl (C=O) groups excluding carboxylic acids is 2. The normalized spacial score (nSPS) is 11.8. The maximum atomic E-state index is 12.5. The molecule has 0 aliphatic carbocycles. The molecule has 0 aliphatic rings. The van der Waals surface area contributed by atoms with Gasteiger partial charge in [-0.05, 0) is 19.8 Å². The molecule has 0 bridgehead atoms. The van der Waals surface area contributed by atoms with Gasteiger partial charge in [-0.1, -0.05) is 13.8 Å². The molecule has 1 N–H and O–H groups in total. The molecule has 1 rings (SSSR count). The Morgan fingerprint density at radius 2 is 2.10 bits per heavy atom. The van der Waals surface area contributed by atoms with Crippen LogP contribution in [0.15, 0.2) is 18.6 Å². The number of hydrogen-bond donors (Lipinski definition) is 1. The van der Waals surface area contributed by atoms with Gasteiger partial charge in [-0.25, -0.2) is 4.98 Å². The van der Waals surface area contributed by atoms with Crippen LogP contribution in [0.25, 0.3) is 0 Å². The van der Waals surface area contributed by atoms with Gasteiger partial charge in [0.1, 0.15) is 5.69 Å². The zero-order valence-electron chi connectivity index (χ0n) is 13.0. The van der Waals surface area contributed by atoms with Crippen molar-refractivity contribution in [1.82, 2.24) is 20.2 Å². The van der Waals surface area contributed by atoms with Crippen molar-refractivity contribution in [2.24, 2.45) is 0 Å². The highest BCUT2D eigenvalue weighted by molar-refractivity contribution is 5.92. The Morgan fingerprint density at radius 1 is 1.33 bits per heavy atom. The molecule has 1 aromatic rings. The Labute approximate surface area is 126 Å².